The van der Waals surface area contributed by atoms with Gasteiger partial charge in [0.1, 0.15) is 10.9 Å². The third-order valence-corrected chi connectivity index (χ3v) is 3.16. The van der Waals surface area contributed by atoms with Gasteiger partial charge in [0.25, 0.3) is 0 Å². The van der Waals surface area contributed by atoms with Gasteiger partial charge < -0.3 is 5.32 Å². The van der Waals surface area contributed by atoms with E-state index < -0.39 is 0 Å². The molecule has 0 atom stereocenters. The monoisotopic (exact) mass is 250 g/mol. The topological polar surface area (TPSA) is 61.6 Å². The summed E-state index contributed by atoms with van der Waals surface area (Å²) in [7, 11) is 0. The molecule has 0 aliphatic carbocycles. The number of nitrogens with zero attached hydrogens (tertiary/aromatic N) is 3. The van der Waals surface area contributed by atoms with E-state index in [-0.39, 0.29) is 5.15 Å². The van der Waals surface area contributed by atoms with Gasteiger partial charge in [-0.2, -0.15) is 5.26 Å². The van der Waals surface area contributed by atoms with E-state index in [0.29, 0.717) is 16.6 Å². The molecule has 0 aliphatic heterocycles. The van der Waals surface area contributed by atoms with E-state index in [0.717, 1.165) is 5.56 Å². The van der Waals surface area contributed by atoms with Crippen LogP contribution in [0.15, 0.2) is 24.5 Å². The fraction of sp³-hybridized carbons (Fsp3) is 0.100. The molecular weight excluding hydrogens is 244 g/mol. The van der Waals surface area contributed by atoms with E-state index in [1.807, 2.05) is 18.2 Å². The van der Waals surface area contributed by atoms with Gasteiger partial charge in [0.15, 0.2) is 10.3 Å². The summed E-state index contributed by atoms with van der Waals surface area (Å²) in [4.78, 5) is 8.45. The zero-order valence-corrected chi connectivity index (χ0v) is 9.72. The first kappa shape index (κ1) is 10.9. The number of anilines is 1. The average Bonchev–Trinajstić information content (AvgIpc) is 2.69. The Hall–Kier alpha value is -1.64. The Morgan fingerprint density at radius 2 is 2.44 bits per heavy atom. The standard InChI is InChI=1S/C10H7ClN4S/c11-9-8(4-12)16-10(15-9)14-6-7-2-1-3-13-5-7/h1-3,5H,6H2,(H,14,15). The highest BCUT2D eigenvalue weighted by atomic mass is 35.5. The normalized spacial score (nSPS) is 9.75. The maximum Gasteiger partial charge on any atom is 0.185 e. The highest BCUT2D eigenvalue weighted by Gasteiger charge is 2.07. The Labute approximate surface area is 102 Å². The summed E-state index contributed by atoms with van der Waals surface area (Å²) >= 11 is 6.99. The molecule has 0 aliphatic rings. The first-order valence-electron chi connectivity index (χ1n) is 4.49. The van der Waals surface area contributed by atoms with Crippen LogP contribution in [-0.4, -0.2) is 9.97 Å². The number of hydrogen-bond acceptors (Lipinski definition) is 5. The Morgan fingerprint density at radius 1 is 1.56 bits per heavy atom. The van der Waals surface area contributed by atoms with Crippen LogP contribution in [0.25, 0.3) is 0 Å². The van der Waals surface area contributed by atoms with E-state index in [1.54, 1.807) is 12.4 Å². The molecule has 0 unspecified atom stereocenters. The van der Waals surface area contributed by atoms with Gasteiger partial charge in [0, 0.05) is 18.9 Å². The average molecular weight is 251 g/mol. The van der Waals surface area contributed by atoms with Gasteiger partial charge in [0.05, 0.1) is 0 Å². The van der Waals surface area contributed by atoms with Crippen molar-refractivity contribution < 1.29 is 0 Å². The second-order valence-corrected chi connectivity index (χ2v) is 4.32. The highest BCUT2D eigenvalue weighted by Crippen LogP contribution is 2.25. The van der Waals surface area contributed by atoms with Crippen molar-refractivity contribution in [1.29, 1.82) is 5.26 Å². The van der Waals surface area contributed by atoms with E-state index in [2.05, 4.69) is 15.3 Å². The molecule has 2 aromatic rings. The number of nitriles is 1. The third kappa shape index (κ3) is 2.48. The first-order chi connectivity index (χ1) is 7.79. The number of thiazole rings is 1. The van der Waals surface area contributed by atoms with E-state index in [9.17, 15) is 0 Å². The molecule has 1 N–H and O–H groups in total. The molecule has 2 heterocycles. The van der Waals surface area contributed by atoms with Crippen molar-refractivity contribution in [2.45, 2.75) is 6.54 Å². The fourth-order valence-corrected chi connectivity index (χ4v) is 2.07. The van der Waals surface area contributed by atoms with E-state index in [1.165, 1.54) is 11.3 Å². The Bertz CT molecular complexity index is 517. The van der Waals surface area contributed by atoms with Crippen molar-refractivity contribution in [1.82, 2.24) is 9.97 Å². The molecule has 0 amide bonds. The van der Waals surface area contributed by atoms with Crippen molar-refractivity contribution in [3.63, 3.8) is 0 Å². The summed E-state index contributed by atoms with van der Waals surface area (Å²) in [5.41, 5.74) is 1.05. The lowest BCUT2D eigenvalue weighted by atomic mass is 10.3. The lowest BCUT2D eigenvalue weighted by molar-refractivity contribution is 1.10. The van der Waals surface area contributed by atoms with Crippen LogP contribution < -0.4 is 5.32 Å². The van der Waals surface area contributed by atoms with Crippen LogP contribution in [0.1, 0.15) is 10.4 Å². The smallest absolute Gasteiger partial charge is 0.185 e. The molecule has 80 valence electrons. The molecule has 0 radical (unpaired) electrons. The Kier molecular flexibility index (Phi) is 3.34. The van der Waals surface area contributed by atoms with E-state index in [4.69, 9.17) is 16.9 Å². The van der Waals surface area contributed by atoms with Crippen molar-refractivity contribution in [3.05, 3.63) is 40.1 Å². The van der Waals surface area contributed by atoms with Gasteiger partial charge in [-0.15, -0.1) is 0 Å². The molecule has 0 fully saturated rings. The summed E-state index contributed by atoms with van der Waals surface area (Å²) in [6.07, 6.45) is 3.49. The highest BCUT2D eigenvalue weighted by molar-refractivity contribution is 7.16. The van der Waals surface area contributed by atoms with Crippen molar-refractivity contribution in [3.8, 4) is 6.07 Å². The lowest BCUT2D eigenvalue weighted by Crippen LogP contribution is -1.98. The largest absolute Gasteiger partial charge is 0.357 e. The molecule has 0 spiro atoms. The molecule has 2 aromatic heterocycles. The fourth-order valence-electron chi connectivity index (χ4n) is 1.13. The molecule has 0 aromatic carbocycles. The molecule has 0 bridgehead atoms. The van der Waals surface area contributed by atoms with Crippen LogP contribution >= 0.6 is 22.9 Å². The maximum atomic E-state index is 8.72. The van der Waals surface area contributed by atoms with Gasteiger partial charge in [-0.1, -0.05) is 29.0 Å². The number of nitrogens with one attached hydrogen (secondary N) is 1. The quantitative estimate of drug-likeness (QED) is 0.910. The number of rotatable bonds is 3. The summed E-state index contributed by atoms with van der Waals surface area (Å²) in [5, 5.41) is 12.7. The molecule has 0 saturated carbocycles. The Morgan fingerprint density at radius 3 is 3.06 bits per heavy atom. The molecule has 0 saturated heterocycles. The van der Waals surface area contributed by atoms with Crippen molar-refractivity contribution in [2.75, 3.05) is 5.32 Å². The van der Waals surface area contributed by atoms with Crippen LogP contribution in [-0.2, 0) is 6.54 Å². The second-order valence-electron chi connectivity index (χ2n) is 2.97. The van der Waals surface area contributed by atoms with Gasteiger partial charge in [0.2, 0.25) is 0 Å². The third-order valence-electron chi connectivity index (χ3n) is 1.85. The molecule has 6 heteroatoms. The van der Waals surface area contributed by atoms with Crippen molar-refractivity contribution in [2.24, 2.45) is 0 Å². The van der Waals surface area contributed by atoms with Gasteiger partial charge in [-0.3, -0.25) is 4.98 Å². The predicted octanol–water partition coefficient (Wildman–Crippen LogP) is 2.68. The van der Waals surface area contributed by atoms with Crippen LogP contribution in [0, 0.1) is 11.3 Å². The predicted molar refractivity (Wildman–Crippen MR) is 63.4 cm³/mol. The summed E-state index contributed by atoms with van der Waals surface area (Å²) < 4.78 is 0. The number of aromatic nitrogens is 2. The minimum absolute atomic E-state index is 0.251. The van der Waals surface area contributed by atoms with Gasteiger partial charge in [-0.25, -0.2) is 4.98 Å². The number of halogens is 1. The van der Waals surface area contributed by atoms with E-state index >= 15 is 0 Å². The molecular formula is C10H7ClN4S. The first-order valence-corrected chi connectivity index (χ1v) is 5.68. The summed E-state index contributed by atoms with van der Waals surface area (Å²) in [6.45, 7) is 0.614. The molecule has 16 heavy (non-hydrogen) atoms. The van der Waals surface area contributed by atoms with Crippen LogP contribution in [0.2, 0.25) is 5.15 Å². The van der Waals surface area contributed by atoms with Crippen LogP contribution in [0.3, 0.4) is 0 Å². The SMILES string of the molecule is N#Cc1sc(NCc2cccnc2)nc1Cl. The zero-order valence-electron chi connectivity index (χ0n) is 8.14. The lowest BCUT2D eigenvalue weighted by Gasteiger charge is -2.00. The molecule has 4 nitrogen and oxygen atoms in total. The maximum absolute atomic E-state index is 8.72. The summed E-state index contributed by atoms with van der Waals surface area (Å²) in [5.74, 6) is 0. The molecule has 2 rings (SSSR count). The minimum atomic E-state index is 0.251. The van der Waals surface area contributed by atoms with Gasteiger partial charge >= 0.3 is 0 Å². The van der Waals surface area contributed by atoms with Crippen molar-refractivity contribution >= 4 is 28.1 Å². The number of pyridine rings is 1. The second kappa shape index (κ2) is 4.92. The minimum Gasteiger partial charge on any atom is -0.357 e. The van der Waals surface area contributed by atoms with Gasteiger partial charge in [-0.05, 0) is 11.6 Å². The van der Waals surface area contributed by atoms with Crippen LogP contribution in [0.5, 0.6) is 0 Å². The Balaban J connectivity index is 2.03. The zero-order chi connectivity index (χ0) is 11.4. The number of hydrogen-bond donors (Lipinski definition) is 1. The summed E-state index contributed by atoms with van der Waals surface area (Å²) in [6, 6.07) is 5.81. The van der Waals surface area contributed by atoms with Crippen LogP contribution in [0.4, 0.5) is 5.13 Å².